The first-order chi connectivity index (χ1) is 16.5. The van der Waals surface area contributed by atoms with Crippen molar-refractivity contribution < 1.29 is 14.0 Å². The maximum absolute atomic E-state index is 13.8. The van der Waals surface area contributed by atoms with E-state index in [1.54, 1.807) is 0 Å². The van der Waals surface area contributed by atoms with Crippen LogP contribution in [-0.4, -0.2) is 41.9 Å². The maximum Gasteiger partial charge on any atom is 0.251 e. The Morgan fingerprint density at radius 1 is 1.06 bits per heavy atom. The molecule has 5 nitrogen and oxygen atoms in total. The van der Waals surface area contributed by atoms with Gasteiger partial charge in [-0.25, -0.2) is 4.39 Å². The smallest absolute Gasteiger partial charge is 0.251 e. The highest BCUT2D eigenvalue weighted by molar-refractivity contribution is 6.31. The Morgan fingerprint density at radius 3 is 2.60 bits per heavy atom. The quantitative estimate of drug-likeness (QED) is 0.488. The van der Waals surface area contributed by atoms with Crippen molar-refractivity contribution in [3.63, 3.8) is 0 Å². The zero-order valence-corrected chi connectivity index (χ0v) is 20.7. The molecule has 1 saturated heterocycles. The van der Waals surface area contributed by atoms with Gasteiger partial charge in [-0.1, -0.05) is 54.1 Å². The van der Waals surface area contributed by atoms with E-state index in [1.807, 2.05) is 23.1 Å². The van der Waals surface area contributed by atoms with E-state index in [1.165, 1.54) is 6.07 Å². The van der Waals surface area contributed by atoms with E-state index in [4.69, 9.17) is 11.6 Å². The summed E-state index contributed by atoms with van der Waals surface area (Å²) in [4.78, 5) is 28.7. The number of benzene rings is 3. The Kier molecular flexibility index (Phi) is 7.95. The van der Waals surface area contributed by atoms with Gasteiger partial charge in [0.1, 0.15) is 5.82 Å². The first-order valence-electron chi connectivity index (χ1n) is 11.7. The molecule has 2 unspecified atom stereocenters. The van der Waals surface area contributed by atoms with Gasteiger partial charge in [-0.2, -0.15) is 0 Å². The average Bonchev–Trinajstić information content (AvgIpc) is 3.67. The number of piperidine rings is 1. The van der Waals surface area contributed by atoms with Crippen molar-refractivity contribution in [2.45, 2.75) is 37.9 Å². The summed E-state index contributed by atoms with van der Waals surface area (Å²) in [6, 6.07) is 18.1. The van der Waals surface area contributed by atoms with Gasteiger partial charge in [0.25, 0.3) is 5.91 Å². The number of rotatable bonds is 6. The summed E-state index contributed by atoms with van der Waals surface area (Å²) >= 11 is 5.93. The molecule has 2 amide bonds. The Bertz CT molecular complexity index is 1210. The number of carbonyl (C=O) groups excluding carboxylic acids is 2. The number of carbonyl (C=O) groups is 2. The van der Waals surface area contributed by atoms with Crippen molar-refractivity contribution in [2.24, 2.45) is 5.92 Å². The highest BCUT2D eigenvalue weighted by Gasteiger charge is 2.40. The van der Waals surface area contributed by atoms with Gasteiger partial charge in [0, 0.05) is 35.8 Å². The molecule has 0 aromatic heterocycles. The van der Waals surface area contributed by atoms with E-state index in [9.17, 15) is 14.0 Å². The molecule has 1 saturated carbocycles. The molecule has 1 aliphatic carbocycles. The number of hydrogen-bond donors (Lipinski definition) is 2. The minimum atomic E-state index is -0.564. The number of halogens is 3. The van der Waals surface area contributed by atoms with E-state index in [-0.39, 0.29) is 41.0 Å². The Labute approximate surface area is 215 Å². The number of fused-ring (bicyclic) bond motifs is 1. The van der Waals surface area contributed by atoms with Gasteiger partial charge >= 0.3 is 0 Å². The van der Waals surface area contributed by atoms with E-state index in [0.29, 0.717) is 26.1 Å². The third kappa shape index (κ3) is 5.77. The SMILES string of the molecule is Cl.O=C(NC1CCNCC1C(=O)N(Cc1cccc2ccccc12)C1CC1)c1cc(F)cc(Cl)c1. The summed E-state index contributed by atoms with van der Waals surface area (Å²) in [7, 11) is 0. The van der Waals surface area contributed by atoms with Gasteiger partial charge in [-0.05, 0) is 60.3 Å². The first-order valence-corrected chi connectivity index (χ1v) is 12.1. The van der Waals surface area contributed by atoms with Gasteiger partial charge in [0.15, 0.2) is 0 Å². The molecule has 3 aromatic rings. The largest absolute Gasteiger partial charge is 0.348 e. The maximum atomic E-state index is 13.8. The lowest BCUT2D eigenvalue weighted by Crippen LogP contribution is -2.55. The van der Waals surface area contributed by atoms with Crippen LogP contribution in [0, 0.1) is 11.7 Å². The van der Waals surface area contributed by atoms with Crippen molar-refractivity contribution >= 4 is 46.6 Å². The lowest BCUT2D eigenvalue weighted by atomic mass is 9.91. The molecule has 0 spiro atoms. The summed E-state index contributed by atoms with van der Waals surface area (Å²) in [5.74, 6) is -1.33. The predicted molar refractivity (Wildman–Crippen MR) is 138 cm³/mol. The van der Waals surface area contributed by atoms with Crippen LogP contribution in [0.3, 0.4) is 0 Å². The van der Waals surface area contributed by atoms with Crippen molar-refractivity contribution in [3.8, 4) is 0 Å². The second-order valence-corrected chi connectivity index (χ2v) is 9.61. The van der Waals surface area contributed by atoms with Crippen LogP contribution in [0.25, 0.3) is 10.8 Å². The van der Waals surface area contributed by atoms with Crippen LogP contribution in [0.5, 0.6) is 0 Å². The standard InChI is InChI=1S/C27H27ClFN3O2.ClH/c28-20-12-19(13-21(29)14-20)26(33)31-25-10-11-30-15-24(25)27(34)32(22-8-9-22)16-18-6-3-5-17-4-1-2-7-23(17)18;/h1-7,12-14,22,24-25,30H,8-11,15-16H2,(H,31,33);1H. The molecule has 3 aromatic carbocycles. The zero-order valence-electron chi connectivity index (χ0n) is 19.2. The fourth-order valence-corrected chi connectivity index (χ4v) is 5.05. The van der Waals surface area contributed by atoms with Crippen LogP contribution in [0.15, 0.2) is 60.7 Å². The normalized spacial score (nSPS) is 19.6. The fraction of sp³-hybridized carbons (Fsp3) is 0.333. The third-order valence-corrected chi connectivity index (χ3v) is 6.95. The highest BCUT2D eigenvalue weighted by Crippen LogP contribution is 2.32. The van der Waals surface area contributed by atoms with Gasteiger partial charge in [-0.3, -0.25) is 9.59 Å². The third-order valence-electron chi connectivity index (χ3n) is 6.73. The minimum absolute atomic E-state index is 0. The molecular weight excluding hydrogens is 488 g/mol. The second-order valence-electron chi connectivity index (χ2n) is 9.17. The van der Waals surface area contributed by atoms with Crippen LogP contribution in [0.4, 0.5) is 4.39 Å². The van der Waals surface area contributed by atoms with Crippen molar-refractivity contribution in [3.05, 3.63) is 82.6 Å². The Morgan fingerprint density at radius 2 is 1.83 bits per heavy atom. The zero-order chi connectivity index (χ0) is 23.7. The topological polar surface area (TPSA) is 61.4 Å². The molecule has 1 aliphatic heterocycles. The molecule has 2 fully saturated rings. The first kappa shape index (κ1) is 25.4. The van der Waals surface area contributed by atoms with Crippen LogP contribution >= 0.6 is 24.0 Å². The van der Waals surface area contributed by atoms with Crippen molar-refractivity contribution in [1.82, 2.24) is 15.5 Å². The molecule has 35 heavy (non-hydrogen) atoms. The summed E-state index contributed by atoms with van der Waals surface area (Å²) in [5.41, 5.74) is 1.28. The number of hydrogen-bond acceptors (Lipinski definition) is 3. The number of nitrogens with one attached hydrogen (secondary N) is 2. The second kappa shape index (κ2) is 10.9. The van der Waals surface area contributed by atoms with E-state index in [0.717, 1.165) is 41.3 Å². The molecule has 2 N–H and O–H groups in total. The Balaban J connectivity index is 0.00000289. The van der Waals surface area contributed by atoms with Gasteiger partial charge in [0.05, 0.1) is 5.92 Å². The van der Waals surface area contributed by atoms with Crippen LogP contribution < -0.4 is 10.6 Å². The molecule has 2 atom stereocenters. The van der Waals surface area contributed by atoms with Crippen LogP contribution in [0.2, 0.25) is 5.02 Å². The number of amides is 2. The number of nitrogens with zero attached hydrogens (tertiary/aromatic N) is 1. The molecule has 5 rings (SSSR count). The van der Waals surface area contributed by atoms with Gasteiger partial charge in [0.2, 0.25) is 5.91 Å². The molecule has 8 heteroatoms. The van der Waals surface area contributed by atoms with E-state index < -0.39 is 17.6 Å². The predicted octanol–water partition coefficient (Wildman–Crippen LogP) is 4.95. The monoisotopic (exact) mass is 515 g/mol. The van der Waals surface area contributed by atoms with Crippen molar-refractivity contribution in [1.29, 1.82) is 0 Å². The van der Waals surface area contributed by atoms with Gasteiger partial charge in [-0.15, -0.1) is 12.4 Å². The average molecular weight is 516 g/mol. The minimum Gasteiger partial charge on any atom is -0.348 e. The summed E-state index contributed by atoms with van der Waals surface area (Å²) < 4.78 is 13.8. The molecule has 1 heterocycles. The van der Waals surface area contributed by atoms with Crippen LogP contribution in [0.1, 0.15) is 35.2 Å². The molecular formula is C27H28Cl2FN3O2. The fourth-order valence-electron chi connectivity index (χ4n) is 4.83. The van der Waals surface area contributed by atoms with Crippen molar-refractivity contribution in [2.75, 3.05) is 13.1 Å². The lowest BCUT2D eigenvalue weighted by Gasteiger charge is -2.36. The highest BCUT2D eigenvalue weighted by atomic mass is 35.5. The molecule has 0 bridgehead atoms. The lowest BCUT2D eigenvalue weighted by molar-refractivity contribution is -0.138. The molecule has 184 valence electrons. The van der Waals surface area contributed by atoms with Gasteiger partial charge < -0.3 is 15.5 Å². The molecule has 2 aliphatic rings. The molecule has 0 radical (unpaired) electrons. The summed E-state index contributed by atoms with van der Waals surface area (Å²) in [6.45, 7) is 1.74. The van der Waals surface area contributed by atoms with Crippen LogP contribution in [-0.2, 0) is 11.3 Å². The van der Waals surface area contributed by atoms with E-state index >= 15 is 0 Å². The summed E-state index contributed by atoms with van der Waals surface area (Å²) in [5, 5.41) is 8.75. The Hall–Kier alpha value is -2.67. The summed E-state index contributed by atoms with van der Waals surface area (Å²) in [6.07, 6.45) is 2.61. The van der Waals surface area contributed by atoms with E-state index in [2.05, 4.69) is 34.9 Å².